The molecule has 0 aliphatic rings. The van der Waals surface area contributed by atoms with E-state index in [9.17, 15) is 0 Å². The highest BCUT2D eigenvalue weighted by Gasteiger charge is 2.19. The summed E-state index contributed by atoms with van der Waals surface area (Å²) in [4.78, 5) is 10.6. The van der Waals surface area contributed by atoms with Crippen molar-refractivity contribution < 1.29 is 0 Å². The molecule has 0 saturated heterocycles. The van der Waals surface area contributed by atoms with Gasteiger partial charge >= 0.3 is 0 Å². The molecule has 5 heteroatoms. The molecule has 0 fully saturated rings. The molecular weight excluding hydrogens is 284 g/mol. The third-order valence-electron chi connectivity index (χ3n) is 3.73. The fraction of sp³-hybridized carbons (Fsp3) is 0.375. The first-order valence-electron chi connectivity index (χ1n) is 7.12. The fourth-order valence-electron chi connectivity index (χ4n) is 2.42. The molecule has 1 unspecified atom stereocenters. The Balaban J connectivity index is 2.38. The summed E-state index contributed by atoms with van der Waals surface area (Å²) < 4.78 is 0. The van der Waals surface area contributed by atoms with Gasteiger partial charge in [-0.2, -0.15) is 0 Å². The highest BCUT2D eigenvalue weighted by molar-refractivity contribution is 6.31. The van der Waals surface area contributed by atoms with Gasteiger partial charge in [0.15, 0.2) is 0 Å². The van der Waals surface area contributed by atoms with E-state index < -0.39 is 0 Å². The van der Waals surface area contributed by atoms with Crippen LogP contribution < -0.4 is 10.6 Å². The Morgan fingerprint density at radius 1 is 1.29 bits per heavy atom. The van der Waals surface area contributed by atoms with Gasteiger partial charge in [-0.1, -0.05) is 43.1 Å². The van der Waals surface area contributed by atoms with Crippen LogP contribution in [0.5, 0.6) is 0 Å². The summed E-state index contributed by atoms with van der Waals surface area (Å²) in [6, 6.07) is 7.97. The summed E-state index contributed by atoms with van der Waals surface area (Å²) in [5.41, 5.74) is 8.08. The third-order valence-corrected chi connectivity index (χ3v) is 4.07. The van der Waals surface area contributed by atoms with Crippen molar-refractivity contribution in [2.45, 2.75) is 32.7 Å². The Morgan fingerprint density at radius 3 is 2.67 bits per heavy atom. The molecule has 0 aliphatic carbocycles. The van der Waals surface area contributed by atoms with E-state index in [1.54, 1.807) is 0 Å². The highest BCUT2D eigenvalue weighted by atomic mass is 35.5. The van der Waals surface area contributed by atoms with E-state index in [1.165, 1.54) is 6.33 Å². The van der Waals surface area contributed by atoms with Crippen LogP contribution in [0.15, 0.2) is 30.6 Å². The summed E-state index contributed by atoms with van der Waals surface area (Å²) in [7, 11) is 2.01. The van der Waals surface area contributed by atoms with Crippen molar-refractivity contribution in [1.29, 1.82) is 0 Å². The second-order valence-electron chi connectivity index (χ2n) is 5.12. The molecule has 1 aromatic heterocycles. The van der Waals surface area contributed by atoms with E-state index in [0.29, 0.717) is 5.82 Å². The Kier molecular flexibility index (Phi) is 5.02. The van der Waals surface area contributed by atoms with Crippen molar-refractivity contribution in [3.05, 3.63) is 46.7 Å². The van der Waals surface area contributed by atoms with Crippen LogP contribution in [-0.4, -0.2) is 17.0 Å². The van der Waals surface area contributed by atoms with Crippen LogP contribution in [0.1, 0.15) is 37.4 Å². The van der Waals surface area contributed by atoms with E-state index in [0.717, 1.165) is 34.8 Å². The molecule has 0 amide bonds. The Hall–Kier alpha value is -1.81. The average molecular weight is 305 g/mol. The lowest BCUT2D eigenvalue weighted by Gasteiger charge is -2.29. The monoisotopic (exact) mass is 304 g/mol. The molecule has 0 radical (unpaired) electrons. The number of halogens is 1. The van der Waals surface area contributed by atoms with Gasteiger partial charge in [0.2, 0.25) is 0 Å². The van der Waals surface area contributed by atoms with Gasteiger partial charge in [-0.05, 0) is 25.0 Å². The number of hydrogen-bond acceptors (Lipinski definition) is 4. The van der Waals surface area contributed by atoms with Crippen LogP contribution in [0, 0.1) is 0 Å². The predicted molar refractivity (Wildman–Crippen MR) is 88.7 cm³/mol. The van der Waals surface area contributed by atoms with Gasteiger partial charge < -0.3 is 10.6 Å². The van der Waals surface area contributed by atoms with Gasteiger partial charge in [0, 0.05) is 17.6 Å². The number of nitrogens with zero attached hydrogens (tertiary/aromatic N) is 3. The molecule has 0 saturated carbocycles. The summed E-state index contributed by atoms with van der Waals surface area (Å²) in [5, 5.41) is 0.760. The third kappa shape index (κ3) is 3.27. The number of benzene rings is 1. The Labute approximate surface area is 131 Å². The zero-order valence-corrected chi connectivity index (χ0v) is 13.4. The smallest absolute Gasteiger partial charge is 0.137 e. The van der Waals surface area contributed by atoms with Gasteiger partial charge in [-0.25, -0.2) is 9.97 Å². The predicted octanol–water partition coefficient (Wildman–Crippen LogP) is 3.86. The molecule has 1 aromatic carbocycles. The molecule has 0 aliphatic heterocycles. The van der Waals surface area contributed by atoms with Crippen LogP contribution in [0.3, 0.4) is 0 Å². The first-order chi connectivity index (χ1) is 10.1. The van der Waals surface area contributed by atoms with Crippen LogP contribution in [-0.2, 0) is 6.42 Å². The number of nitrogen functional groups attached to an aromatic ring is 1. The lowest BCUT2D eigenvalue weighted by atomic mass is 10.1. The van der Waals surface area contributed by atoms with Crippen molar-refractivity contribution in [3.63, 3.8) is 0 Å². The molecule has 0 spiro atoms. The summed E-state index contributed by atoms with van der Waals surface area (Å²) in [5.74, 6) is 1.43. The standard InChI is InChI=1S/C16H21ClN4/c1-4-7-13-15(18)19-10-20-16(13)21(3)11(2)12-8-5-6-9-14(12)17/h5-6,8-11H,4,7H2,1-3H3,(H2,18,19,20). The Bertz CT molecular complexity index is 615. The minimum atomic E-state index is 0.101. The second-order valence-corrected chi connectivity index (χ2v) is 5.53. The zero-order valence-electron chi connectivity index (χ0n) is 12.7. The number of rotatable bonds is 5. The van der Waals surface area contributed by atoms with Gasteiger partial charge in [0.1, 0.15) is 18.0 Å². The zero-order chi connectivity index (χ0) is 15.4. The SMILES string of the molecule is CCCc1c(N)ncnc1N(C)C(C)c1ccccc1Cl. The normalized spacial score (nSPS) is 12.2. The quantitative estimate of drug-likeness (QED) is 0.911. The molecule has 21 heavy (non-hydrogen) atoms. The lowest BCUT2D eigenvalue weighted by molar-refractivity contribution is 0.718. The largest absolute Gasteiger partial charge is 0.383 e. The number of anilines is 2. The molecule has 1 atom stereocenters. The molecule has 2 aromatic rings. The van der Waals surface area contributed by atoms with E-state index >= 15 is 0 Å². The van der Waals surface area contributed by atoms with Gasteiger partial charge in [0.25, 0.3) is 0 Å². The van der Waals surface area contributed by atoms with E-state index in [4.69, 9.17) is 17.3 Å². The number of aromatic nitrogens is 2. The van der Waals surface area contributed by atoms with Crippen LogP contribution in [0.25, 0.3) is 0 Å². The molecule has 0 bridgehead atoms. The van der Waals surface area contributed by atoms with Crippen molar-refractivity contribution in [2.75, 3.05) is 17.7 Å². The minimum absolute atomic E-state index is 0.101. The number of nitrogens with two attached hydrogens (primary N) is 1. The van der Waals surface area contributed by atoms with Crippen molar-refractivity contribution in [3.8, 4) is 0 Å². The first-order valence-corrected chi connectivity index (χ1v) is 7.50. The molecular formula is C16H21ClN4. The lowest BCUT2D eigenvalue weighted by Crippen LogP contribution is -2.25. The van der Waals surface area contributed by atoms with Crippen molar-refractivity contribution in [1.82, 2.24) is 9.97 Å². The van der Waals surface area contributed by atoms with E-state index in [-0.39, 0.29) is 6.04 Å². The topological polar surface area (TPSA) is 55.0 Å². The highest BCUT2D eigenvalue weighted by Crippen LogP contribution is 2.32. The van der Waals surface area contributed by atoms with E-state index in [1.807, 2.05) is 31.3 Å². The summed E-state index contributed by atoms with van der Waals surface area (Å²) in [6.45, 7) is 4.23. The maximum Gasteiger partial charge on any atom is 0.137 e. The maximum atomic E-state index is 6.30. The summed E-state index contributed by atoms with van der Waals surface area (Å²) >= 11 is 6.30. The average Bonchev–Trinajstić information content (AvgIpc) is 2.48. The maximum absolute atomic E-state index is 6.30. The van der Waals surface area contributed by atoms with Crippen LogP contribution in [0.4, 0.5) is 11.6 Å². The van der Waals surface area contributed by atoms with Crippen LogP contribution >= 0.6 is 11.6 Å². The molecule has 1 heterocycles. The Morgan fingerprint density at radius 2 is 2.00 bits per heavy atom. The second kappa shape index (κ2) is 6.76. The molecule has 2 N–H and O–H groups in total. The minimum Gasteiger partial charge on any atom is -0.383 e. The molecule has 2 rings (SSSR count). The van der Waals surface area contributed by atoms with Crippen LogP contribution in [0.2, 0.25) is 5.02 Å². The summed E-state index contributed by atoms with van der Waals surface area (Å²) in [6.07, 6.45) is 3.38. The van der Waals surface area contributed by atoms with Gasteiger partial charge in [-0.3, -0.25) is 0 Å². The molecule has 4 nitrogen and oxygen atoms in total. The molecule has 112 valence electrons. The first kappa shape index (κ1) is 15.6. The van der Waals surface area contributed by atoms with Gasteiger partial charge in [-0.15, -0.1) is 0 Å². The van der Waals surface area contributed by atoms with Crippen molar-refractivity contribution in [2.24, 2.45) is 0 Å². The van der Waals surface area contributed by atoms with E-state index in [2.05, 4.69) is 28.7 Å². The van der Waals surface area contributed by atoms with Crippen molar-refractivity contribution >= 4 is 23.2 Å². The van der Waals surface area contributed by atoms with Gasteiger partial charge in [0.05, 0.1) is 6.04 Å². The fourth-order valence-corrected chi connectivity index (χ4v) is 2.71. The number of hydrogen-bond donors (Lipinski definition) is 1.